The Morgan fingerprint density at radius 1 is 0.441 bits per heavy atom. The van der Waals surface area contributed by atoms with E-state index in [4.69, 9.17) is 0 Å². The highest BCUT2D eigenvalue weighted by Crippen LogP contribution is 2.43. The van der Waals surface area contributed by atoms with Crippen molar-refractivity contribution < 1.29 is 0 Å². The van der Waals surface area contributed by atoms with Crippen LogP contribution in [0.15, 0.2) is 103 Å². The predicted octanol–water partition coefficient (Wildman–Crippen LogP) is 9.44. The molecule has 174 valence electrons. The maximum Gasteiger partial charge on any atom is 0.00641 e. The van der Waals surface area contributed by atoms with Crippen LogP contribution in [-0.4, -0.2) is 0 Å². The van der Waals surface area contributed by atoms with Gasteiger partial charge in [-0.3, -0.25) is 0 Å². The van der Waals surface area contributed by atoms with Gasteiger partial charge in [-0.2, -0.15) is 0 Å². The van der Waals surface area contributed by atoms with Gasteiger partial charge < -0.3 is 0 Å². The van der Waals surface area contributed by atoms with Crippen molar-refractivity contribution >= 4 is 0 Å². The van der Waals surface area contributed by atoms with Crippen molar-refractivity contribution in [3.63, 3.8) is 0 Å². The van der Waals surface area contributed by atoms with Gasteiger partial charge in [-0.25, -0.2) is 0 Å². The molecule has 4 aromatic rings. The zero-order chi connectivity index (χ0) is 24.3. The Labute approximate surface area is 206 Å². The fourth-order valence-corrected chi connectivity index (χ4v) is 5.29. The SMILES string of the molecule is CC(c1ccccc1)c1cc(C(C)c2ccccc2)c(C(C)(C)C)c(C(C)c2ccccc2)c1. The van der Waals surface area contributed by atoms with E-state index in [-0.39, 0.29) is 5.41 Å². The van der Waals surface area contributed by atoms with E-state index in [1.54, 1.807) is 0 Å². The molecule has 0 radical (unpaired) electrons. The Morgan fingerprint density at radius 3 is 1.09 bits per heavy atom. The minimum atomic E-state index is 0.0330. The van der Waals surface area contributed by atoms with Crippen molar-refractivity contribution in [2.45, 2.75) is 64.7 Å². The second-order valence-corrected chi connectivity index (χ2v) is 10.7. The molecule has 0 amide bonds. The first-order valence-corrected chi connectivity index (χ1v) is 12.6. The van der Waals surface area contributed by atoms with Gasteiger partial charge in [0.15, 0.2) is 0 Å². The van der Waals surface area contributed by atoms with E-state index < -0.39 is 0 Å². The van der Waals surface area contributed by atoms with E-state index >= 15 is 0 Å². The van der Waals surface area contributed by atoms with E-state index in [0.29, 0.717) is 17.8 Å². The normalized spacial score (nSPS) is 14.4. The average Bonchev–Trinajstić information content (AvgIpc) is 2.87. The maximum absolute atomic E-state index is 2.50. The topological polar surface area (TPSA) is 0 Å². The number of rotatable bonds is 6. The van der Waals surface area contributed by atoms with Gasteiger partial charge in [-0.1, -0.05) is 145 Å². The Morgan fingerprint density at radius 2 is 0.765 bits per heavy atom. The van der Waals surface area contributed by atoms with Crippen LogP contribution >= 0.6 is 0 Å². The maximum atomic E-state index is 2.50. The first kappa shape index (κ1) is 24.0. The zero-order valence-corrected chi connectivity index (χ0v) is 21.5. The van der Waals surface area contributed by atoms with Crippen LogP contribution in [0.4, 0.5) is 0 Å². The van der Waals surface area contributed by atoms with Crippen LogP contribution < -0.4 is 0 Å². The molecule has 0 nitrogen and oxygen atoms in total. The van der Waals surface area contributed by atoms with Crippen LogP contribution in [0.25, 0.3) is 0 Å². The standard InChI is InChI=1S/C34H38/c1-24(27-16-10-7-11-17-27)30-22-31(25(2)28-18-12-8-13-19-28)33(34(4,5)6)32(23-30)26(3)29-20-14-9-15-21-29/h7-26H,1-6H3. The van der Waals surface area contributed by atoms with Crippen molar-refractivity contribution in [3.05, 3.63) is 142 Å². The van der Waals surface area contributed by atoms with E-state index in [2.05, 4.69) is 145 Å². The number of hydrogen-bond acceptors (Lipinski definition) is 0. The van der Waals surface area contributed by atoms with Crippen LogP contribution in [0.3, 0.4) is 0 Å². The fraction of sp³-hybridized carbons (Fsp3) is 0.294. The molecule has 0 heteroatoms. The number of hydrogen-bond donors (Lipinski definition) is 0. The Hall–Kier alpha value is -3.12. The first-order valence-electron chi connectivity index (χ1n) is 12.6. The second kappa shape index (κ2) is 10.0. The van der Waals surface area contributed by atoms with Crippen molar-refractivity contribution in [2.24, 2.45) is 0 Å². The molecule has 0 aromatic heterocycles. The third-order valence-electron chi connectivity index (χ3n) is 7.30. The summed E-state index contributed by atoms with van der Waals surface area (Å²) in [7, 11) is 0. The van der Waals surface area contributed by atoms with Crippen LogP contribution in [0.1, 0.15) is 98.2 Å². The highest BCUT2D eigenvalue weighted by molar-refractivity contribution is 5.53. The van der Waals surface area contributed by atoms with Gasteiger partial charge >= 0.3 is 0 Å². The lowest BCUT2D eigenvalue weighted by atomic mass is 9.71. The molecule has 0 aliphatic heterocycles. The van der Waals surface area contributed by atoms with Crippen LogP contribution in [0.5, 0.6) is 0 Å². The van der Waals surface area contributed by atoms with Crippen molar-refractivity contribution in [1.82, 2.24) is 0 Å². The lowest BCUT2D eigenvalue weighted by molar-refractivity contribution is 0.567. The molecule has 0 N–H and O–H groups in total. The fourth-order valence-electron chi connectivity index (χ4n) is 5.29. The summed E-state index contributed by atoms with van der Waals surface area (Å²) in [5.74, 6) is 0.971. The molecule has 3 unspecified atom stereocenters. The molecule has 0 aliphatic rings. The van der Waals surface area contributed by atoms with Crippen LogP contribution in [-0.2, 0) is 5.41 Å². The quantitative estimate of drug-likeness (QED) is 0.277. The Balaban J connectivity index is 1.97. The lowest BCUT2D eigenvalue weighted by Gasteiger charge is -2.33. The summed E-state index contributed by atoms with van der Waals surface area (Å²) >= 11 is 0. The summed E-state index contributed by atoms with van der Waals surface area (Å²) in [6.45, 7) is 14.2. The van der Waals surface area contributed by atoms with Gasteiger partial charge in [-0.05, 0) is 44.4 Å². The molecular weight excluding hydrogens is 408 g/mol. The minimum absolute atomic E-state index is 0.0330. The average molecular weight is 447 g/mol. The van der Waals surface area contributed by atoms with Crippen molar-refractivity contribution in [2.75, 3.05) is 0 Å². The van der Waals surface area contributed by atoms with Crippen molar-refractivity contribution in [3.8, 4) is 0 Å². The molecule has 0 heterocycles. The predicted molar refractivity (Wildman–Crippen MR) is 147 cm³/mol. The van der Waals surface area contributed by atoms with Gasteiger partial charge in [0.1, 0.15) is 0 Å². The number of benzene rings is 4. The van der Waals surface area contributed by atoms with E-state index in [1.165, 1.54) is 38.9 Å². The summed E-state index contributed by atoms with van der Waals surface area (Å²) in [5.41, 5.74) is 9.94. The largest absolute Gasteiger partial charge is 0.0622 e. The molecule has 4 rings (SSSR count). The molecule has 34 heavy (non-hydrogen) atoms. The third-order valence-corrected chi connectivity index (χ3v) is 7.30. The smallest absolute Gasteiger partial charge is 0.00641 e. The third kappa shape index (κ3) is 5.02. The summed E-state index contributed by atoms with van der Waals surface area (Å²) in [6, 6.07) is 37.8. The second-order valence-electron chi connectivity index (χ2n) is 10.7. The van der Waals surface area contributed by atoms with E-state index in [0.717, 1.165) is 0 Å². The molecule has 0 fully saturated rings. The molecule has 0 saturated heterocycles. The minimum Gasteiger partial charge on any atom is -0.0622 e. The molecule has 0 saturated carbocycles. The summed E-state index contributed by atoms with van der Waals surface area (Å²) in [6.07, 6.45) is 0. The Kier molecular flexibility index (Phi) is 7.08. The van der Waals surface area contributed by atoms with Gasteiger partial charge in [0, 0.05) is 17.8 Å². The Bertz CT molecular complexity index is 1130. The van der Waals surface area contributed by atoms with Gasteiger partial charge in [-0.15, -0.1) is 0 Å². The highest BCUT2D eigenvalue weighted by atomic mass is 14.3. The molecule has 3 atom stereocenters. The molecule has 0 bridgehead atoms. The molecule has 0 aliphatic carbocycles. The highest BCUT2D eigenvalue weighted by Gasteiger charge is 2.29. The lowest BCUT2D eigenvalue weighted by Crippen LogP contribution is -2.21. The molecular formula is C34H38. The summed E-state index contributed by atoms with van der Waals surface area (Å²) in [5, 5.41) is 0. The molecule has 4 aromatic carbocycles. The summed E-state index contributed by atoms with van der Waals surface area (Å²) in [4.78, 5) is 0. The zero-order valence-electron chi connectivity index (χ0n) is 21.5. The monoisotopic (exact) mass is 446 g/mol. The van der Waals surface area contributed by atoms with Gasteiger partial charge in [0.05, 0.1) is 0 Å². The first-order chi connectivity index (χ1) is 16.3. The van der Waals surface area contributed by atoms with Gasteiger partial charge in [0.25, 0.3) is 0 Å². The van der Waals surface area contributed by atoms with Crippen LogP contribution in [0, 0.1) is 0 Å². The van der Waals surface area contributed by atoms with Crippen LogP contribution in [0.2, 0.25) is 0 Å². The van der Waals surface area contributed by atoms with Gasteiger partial charge in [0.2, 0.25) is 0 Å². The molecule has 0 spiro atoms. The van der Waals surface area contributed by atoms with E-state index in [1.807, 2.05) is 0 Å². The summed E-state index contributed by atoms with van der Waals surface area (Å²) < 4.78 is 0. The van der Waals surface area contributed by atoms with E-state index in [9.17, 15) is 0 Å². The van der Waals surface area contributed by atoms with Crippen molar-refractivity contribution in [1.29, 1.82) is 0 Å².